The van der Waals surface area contributed by atoms with Gasteiger partial charge in [0.2, 0.25) is 0 Å². The number of carbonyl (C=O) groups excluding carboxylic acids is 2. The molecule has 0 aliphatic heterocycles. The van der Waals surface area contributed by atoms with Crippen molar-refractivity contribution in [3.05, 3.63) is 95.1 Å². The van der Waals surface area contributed by atoms with Crippen LogP contribution in [-0.2, 0) is 0 Å². The van der Waals surface area contributed by atoms with Gasteiger partial charge in [-0.1, -0.05) is 30.3 Å². The Hall–Kier alpha value is -3.93. The highest BCUT2D eigenvalue weighted by atomic mass is 16.3. The molecule has 0 saturated carbocycles. The van der Waals surface area contributed by atoms with Gasteiger partial charge >= 0.3 is 0 Å². The maximum atomic E-state index is 12.3. The lowest BCUT2D eigenvalue weighted by Crippen LogP contribution is -2.18. The minimum absolute atomic E-state index is 0.0780. The molecule has 3 rings (SSSR count). The summed E-state index contributed by atoms with van der Waals surface area (Å²) >= 11 is 0. The predicted octanol–water partition coefficient (Wildman–Crippen LogP) is 3.72. The maximum Gasteiger partial charge on any atom is 0.271 e. The van der Waals surface area contributed by atoms with E-state index in [0.29, 0.717) is 22.4 Å². The van der Waals surface area contributed by atoms with Crippen LogP contribution in [0.15, 0.2) is 77.9 Å². The third kappa shape index (κ3) is 4.62. The van der Waals surface area contributed by atoms with Gasteiger partial charge in [-0.3, -0.25) is 9.59 Å². The number of para-hydroxylation sites is 1. The summed E-state index contributed by atoms with van der Waals surface area (Å²) in [7, 11) is 0. The van der Waals surface area contributed by atoms with Crippen LogP contribution in [0.5, 0.6) is 5.75 Å². The van der Waals surface area contributed by atoms with E-state index in [-0.39, 0.29) is 11.7 Å². The van der Waals surface area contributed by atoms with Crippen molar-refractivity contribution >= 4 is 23.7 Å². The van der Waals surface area contributed by atoms with Crippen LogP contribution in [0.2, 0.25) is 0 Å². The average Bonchev–Trinajstić information content (AvgIpc) is 2.70. The van der Waals surface area contributed by atoms with Crippen LogP contribution in [0, 0.1) is 6.92 Å². The fraction of sp³-hybridized carbons (Fsp3) is 0.0455. The van der Waals surface area contributed by atoms with Crippen LogP contribution in [-0.4, -0.2) is 23.1 Å². The van der Waals surface area contributed by atoms with Gasteiger partial charge in [0, 0.05) is 22.4 Å². The van der Waals surface area contributed by atoms with Crippen molar-refractivity contribution < 1.29 is 14.7 Å². The maximum absolute atomic E-state index is 12.3. The van der Waals surface area contributed by atoms with E-state index >= 15 is 0 Å². The standard InChI is InChI=1S/C22H19N3O3/c1-15-6-2-4-8-19(15)22(28)24-18-12-10-16(11-13-18)21(27)25-23-14-17-7-3-5-9-20(17)26/h2-14,26H,1H3,(H,24,28)(H,25,27)/b23-14-. The number of nitrogens with zero attached hydrogens (tertiary/aromatic N) is 1. The smallest absolute Gasteiger partial charge is 0.271 e. The van der Waals surface area contributed by atoms with Gasteiger partial charge in [-0.25, -0.2) is 5.43 Å². The quantitative estimate of drug-likeness (QED) is 0.470. The van der Waals surface area contributed by atoms with Gasteiger partial charge in [0.05, 0.1) is 6.21 Å². The van der Waals surface area contributed by atoms with E-state index < -0.39 is 5.91 Å². The summed E-state index contributed by atoms with van der Waals surface area (Å²) in [6, 6.07) is 20.5. The van der Waals surface area contributed by atoms with Gasteiger partial charge < -0.3 is 10.4 Å². The molecular weight excluding hydrogens is 354 g/mol. The van der Waals surface area contributed by atoms with E-state index in [1.165, 1.54) is 12.3 Å². The Balaban J connectivity index is 1.61. The molecule has 0 aliphatic carbocycles. The van der Waals surface area contributed by atoms with Crippen LogP contribution >= 0.6 is 0 Å². The number of hydrogen-bond donors (Lipinski definition) is 3. The van der Waals surface area contributed by atoms with E-state index in [4.69, 9.17) is 0 Å². The monoisotopic (exact) mass is 373 g/mol. The molecule has 28 heavy (non-hydrogen) atoms. The lowest BCUT2D eigenvalue weighted by molar-refractivity contribution is 0.0954. The molecule has 6 nitrogen and oxygen atoms in total. The van der Waals surface area contributed by atoms with Crippen LogP contribution in [0.4, 0.5) is 5.69 Å². The van der Waals surface area contributed by atoms with E-state index in [1.807, 2.05) is 25.1 Å². The lowest BCUT2D eigenvalue weighted by atomic mass is 10.1. The SMILES string of the molecule is Cc1ccccc1C(=O)Nc1ccc(C(=O)N/N=C\c2ccccc2O)cc1. The Morgan fingerprint density at radius 1 is 0.893 bits per heavy atom. The number of rotatable bonds is 5. The normalized spacial score (nSPS) is 10.6. The average molecular weight is 373 g/mol. The van der Waals surface area contributed by atoms with Gasteiger partial charge in [0.15, 0.2) is 0 Å². The largest absolute Gasteiger partial charge is 0.507 e. The number of phenols is 1. The van der Waals surface area contributed by atoms with Crippen LogP contribution in [0.25, 0.3) is 0 Å². The fourth-order valence-corrected chi connectivity index (χ4v) is 2.55. The molecule has 0 heterocycles. The molecule has 0 fully saturated rings. The minimum atomic E-state index is -0.400. The molecule has 0 saturated heterocycles. The highest BCUT2D eigenvalue weighted by Gasteiger charge is 2.09. The molecular formula is C22H19N3O3. The molecule has 0 aromatic heterocycles. The van der Waals surface area contributed by atoms with Crippen molar-refractivity contribution in [2.24, 2.45) is 5.10 Å². The van der Waals surface area contributed by atoms with Crippen LogP contribution < -0.4 is 10.7 Å². The first kappa shape index (κ1) is 18.8. The molecule has 3 aromatic rings. The van der Waals surface area contributed by atoms with Gasteiger partial charge in [0.1, 0.15) is 5.75 Å². The first-order chi connectivity index (χ1) is 13.5. The number of hydrazone groups is 1. The summed E-state index contributed by atoms with van der Waals surface area (Å²) in [5, 5.41) is 16.3. The summed E-state index contributed by atoms with van der Waals surface area (Å²) in [5.41, 5.74) is 5.36. The number of carbonyl (C=O) groups is 2. The Labute approximate surface area is 162 Å². The van der Waals surface area contributed by atoms with E-state index in [2.05, 4.69) is 15.8 Å². The first-order valence-electron chi connectivity index (χ1n) is 8.63. The summed E-state index contributed by atoms with van der Waals surface area (Å²) in [6.45, 7) is 1.87. The molecule has 3 N–H and O–H groups in total. The van der Waals surface area contributed by atoms with Crippen molar-refractivity contribution in [1.82, 2.24) is 5.43 Å². The molecule has 0 radical (unpaired) electrons. The summed E-state index contributed by atoms with van der Waals surface area (Å²) < 4.78 is 0. The molecule has 0 bridgehead atoms. The Morgan fingerprint density at radius 2 is 1.57 bits per heavy atom. The predicted molar refractivity (Wildman–Crippen MR) is 109 cm³/mol. The Morgan fingerprint density at radius 3 is 2.29 bits per heavy atom. The number of benzene rings is 3. The van der Waals surface area contributed by atoms with Gasteiger partial charge in [-0.15, -0.1) is 0 Å². The first-order valence-corrected chi connectivity index (χ1v) is 8.63. The summed E-state index contributed by atoms with van der Waals surface area (Å²) in [5.74, 6) is -0.528. The van der Waals surface area contributed by atoms with E-state index in [9.17, 15) is 14.7 Å². The second-order valence-electron chi connectivity index (χ2n) is 6.10. The molecule has 2 amide bonds. The number of aromatic hydroxyl groups is 1. The highest BCUT2D eigenvalue weighted by Crippen LogP contribution is 2.14. The number of hydrogen-bond acceptors (Lipinski definition) is 4. The van der Waals surface area contributed by atoms with Crippen molar-refractivity contribution in [2.45, 2.75) is 6.92 Å². The van der Waals surface area contributed by atoms with Gasteiger partial charge in [0.25, 0.3) is 11.8 Å². The molecule has 3 aromatic carbocycles. The third-order valence-corrected chi connectivity index (χ3v) is 4.10. The van der Waals surface area contributed by atoms with Crippen LogP contribution in [0.3, 0.4) is 0 Å². The number of aryl methyl sites for hydroxylation is 1. The number of phenolic OH excluding ortho intramolecular Hbond substituents is 1. The zero-order valence-corrected chi connectivity index (χ0v) is 15.2. The fourth-order valence-electron chi connectivity index (χ4n) is 2.55. The minimum Gasteiger partial charge on any atom is -0.507 e. The zero-order valence-electron chi connectivity index (χ0n) is 15.2. The Bertz CT molecular complexity index is 1030. The number of amides is 2. The zero-order chi connectivity index (χ0) is 19.9. The van der Waals surface area contributed by atoms with Crippen molar-refractivity contribution in [3.8, 4) is 5.75 Å². The topological polar surface area (TPSA) is 90.8 Å². The van der Waals surface area contributed by atoms with Crippen molar-refractivity contribution in [1.29, 1.82) is 0 Å². The summed E-state index contributed by atoms with van der Waals surface area (Å²) in [6.07, 6.45) is 1.37. The molecule has 0 aliphatic rings. The molecule has 6 heteroatoms. The molecule has 0 spiro atoms. The second-order valence-corrected chi connectivity index (χ2v) is 6.10. The van der Waals surface area contributed by atoms with Crippen LogP contribution in [0.1, 0.15) is 31.8 Å². The number of nitrogens with one attached hydrogen (secondary N) is 2. The van der Waals surface area contributed by atoms with Gasteiger partial charge in [-0.2, -0.15) is 5.10 Å². The van der Waals surface area contributed by atoms with Crippen molar-refractivity contribution in [2.75, 3.05) is 5.32 Å². The van der Waals surface area contributed by atoms with Gasteiger partial charge in [-0.05, 0) is 55.0 Å². The van der Waals surface area contributed by atoms with E-state index in [0.717, 1.165) is 5.56 Å². The number of anilines is 1. The van der Waals surface area contributed by atoms with E-state index in [1.54, 1.807) is 48.5 Å². The second kappa shape index (κ2) is 8.64. The summed E-state index contributed by atoms with van der Waals surface area (Å²) in [4.78, 5) is 24.5. The lowest BCUT2D eigenvalue weighted by Gasteiger charge is -2.08. The third-order valence-electron chi connectivity index (χ3n) is 4.10. The highest BCUT2D eigenvalue weighted by molar-refractivity contribution is 6.05. The molecule has 0 unspecified atom stereocenters. The Kier molecular flexibility index (Phi) is 5.81. The molecule has 0 atom stereocenters. The van der Waals surface area contributed by atoms with Crippen molar-refractivity contribution in [3.63, 3.8) is 0 Å². The molecule has 140 valence electrons.